The van der Waals surface area contributed by atoms with Gasteiger partial charge in [-0.25, -0.2) is 8.91 Å². The van der Waals surface area contributed by atoms with Gasteiger partial charge in [0.25, 0.3) is 5.91 Å². The van der Waals surface area contributed by atoms with Gasteiger partial charge in [-0.3, -0.25) is 4.79 Å². The number of halogens is 2. The number of amides is 1. The van der Waals surface area contributed by atoms with Crippen molar-refractivity contribution < 1.29 is 9.18 Å². The summed E-state index contributed by atoms with van der Waals surface area (Å²) < 4.78 is 14.5. The predicted molar refractivity (Wildman–Crippen MR) is 105 cm³/mol. The topological polar surface area (TPSA) is 85.3 Å². The molecule has 0 bridgehead atoms. The molecule has 0 aliphatic carbocycles. The molecule has 0 aliphatic heterocycles. The molecular formula is C20H15ClFN5O. The van der Waals surface area contributed by atoms with Crippen molar-refractivity contribution in [2.75, 3.05) is 5.73 Å². The Labute approximate surface area is 164 Å². The molecule has 2 heterocycles. The lowest BCUT2D eigenvalue weighted by atomic mass is 10.1. The normalized spacial score (nSPS) is 10.9. The lowest BCUT2D eigenvalue weighted by molar-refractivity contribution is 0.0951. The van der Waals surface area contributed by atoms with Gasteiger partial charge in [-0.15, -0.1) is 5.10 Å². The number of anilines is 1. The van der Waals surface area contributed by atoms with E-state index in [4.69, 9.17) is 17.3 Å². The van der Waals surface area contributed by atoms with Crippen molar-refractivity contribution in [2.45, 2.75) is 6.54 Å². The van der Waals surface area contributed by atoms with Gasteiger partial charge in [-0.2, -0.15) is 4.98 Å². The van der Waals surface area contributed by atoms with E-state index in [1.165, 1.54) is 12.1 Å². The van der Waals surface area contributed by atoms with Crippen LogP contribution in [0.5, 0.6) is 0 Å². The van der Waals surface area contributed by atoms with E-state index < -0.39 is 0 Å². The Kier molecular flexibility index (Phi) is 4.67. The van der Waals surface area contributed by atoms with E-state index in [1.54, 1.807) is 47.1 Å². The molecule has 3 N–H and O–H groups in total. The average Bonchev–Trinajstić information content (AvgIpc) is 3.06. The summed E-state index contributed by atoms with van der Waals surface area (Å²) in [6.45, 7) is 0.279. The van der Waals surface area contributed by atoms with E-state index in [-0.39, 0.29) is 24.2 Å². The molecule has 0 aliphatic rings. The summed E-state index contributed by atoms with van der Waals surface area (Å²) in [5.41, 5.74) is 9.09. The van der Waals surface area contributed by atoms with Crippen LogP contribution in [0.1, 0.15) is 15.9 Å². The Morgan fingerprint density at radius 2 is 1.86 bits per heavy atom. The van der Waals surface area contributed by atoms with Crippen LogP contribution < -0.4 is 11.1 Å². The summed E-state index contributed by atoms with van der Waals surface area (Å²) in [5.74, 6) is -0.427. The minimum Gasteiger partial charge on any atom is -0.366 e. The highest BCUT2D eigenvalue weighted by atomic mass is 35.5. The number of pyridine rings is 1. The molecule has 4 rings (SSSR count). The molecule has 0 spiro atoms. The van der Waals surface area contributed by atoms with Crippen LogP contribution >= 0.6 is 11.6 Å². The number of nitrogen functional groups attached to an aromatic ring is 1. The van der Waals surface area contributed by atoms with Gasteiger partial charge < -0.3 is 11.1 Å². The molecule has 4 aromatic rings. The first kappa shape index (κ1) is 17.9. The molecular weight excluding hydrogens is 381 g/mol. The first-order valence-corrected chi connectivity index (χ1v) is 8.82. The van der Waals surface area contributed by atoms with Gasteiger partial charge in [0.2, 0.25) is 5.95 Å². The zero-order valence-corrected chi connectivity index (χ0v) is 15.3. The van der Waals surface area contributed by atoms with Gasteiger partial charge in [0.1, 0.15) is 5.82 Å². The number of benzene rings is 2. The fourth-order valence-corrected chi connectivity index (χ4v) is 3.10. The number of carbonyl (C=O) groups is 1. The molecule has 0 saturated carbocycles. The number of hydrogen-bond donors (Lipinski definition) is 2. The second-order valence-electron chi connectivity index (χ2n) is 6.19. The molecule has 8 heteroatoms. The number of nitrogens with two attached hydrogens (primary N) is 1. The van der Waals surface area contributed by atoms with Crippen LogP contribution in [-0.4, -0.2) is 20.5 Å². The molecule has 0 saturated heterocycles. The van der Waals surface area contributed by atoms with E-state index in [2.05, 4.69) is 15.4 Å². The van der Waals surface area contributed by atoms with E-state index in [9.17, 15) is 9.18 Å². The fourth-order valence-electron chi connectivity index (χ4n) is 2.83. The second kappa shape index (κ2) is 7.28. The molecule has 2 aromatic heterocycles. The Bertz CT molecular complexity index is 1170. The third-order valence-corrected chi connectivity index (χ3v) is 4.57. The van der Waals surface area contributed by atoms with Crippen molar-refractivity contribution in [3.8, 4) is 11.1 Å². The quantitative estimate of drug-likeness (QED) is 0.551. The first-order valence-electron chi connectivity index (χ1n) is 8.44. The Morgan fingerprint density at radius 3 is 2.61 bits per heavy atom. The maximum absolute atomic E-state index is 12.9. The summed E-state index contributed by atoms with van der Waals surface area (Å²) in [5, 5.41) is 7.19. The molecule has 2 aromatic carbocycles. The fraction of sp³-hybridized carbons (Fsp3) is 0.0500. The van der Waals surface area contributed by atoms with Crippen LogP contribution in [0.25, 0.3) is 16.8 Å². The lowest BCUT2D eigenvalue weighted by Gasteiger charge is -2.09. The van der Waals surface area contributed by atoms with Crippen LogP contribution in [-0.2, 0) is 6.54 Å². The van der Waals surface area contributed by atoms with E-state index in [1.807, 2.05) is 6.07 Å². The predicted octanol–water partition coefficient (Wildman–Crippen LogP) is 3.70. The molecule has 1 amide bonds. The van der Waals surface area contributed by atoms with Gasteiger partial charge in [-0.1, -0.05) is 29.8 Å². The minimum atomic E-state index is -0.319. The zero-order chi connectivity index (χ0) is 19.7. The number of hydrogen-bond acceptors (Lipinski definition) is 4. The molecule has 140 valence electrons. The summed E-state index contributed by atoms with van der Waals surface area (Å²) in [6, 6.07) is 14.8. The van der Waals surface area contributed by atoms with Crippen LogP contribution in [0.3, 0.4) is 0 Å². The third kappa shape index (κ3) is 3.65. The Morgan fingerprint density at radius 1 is 1.11 bits per heavy atom. The van der Waals surface area contributed by atoms with Gasteiger partial charge >= 0.3 is 0 Å². The van der Waals surface area contributed by atoms with Crippen molar-refractivity contribution in [1.82, 2.24) is 19.9 Å². The molecule has 0 atom stereocenters. The number of nitrogens with zero attached hydrogens (tertiary/aromatic N) is 3. The average molecular weight is 396 g/mol. The van der Waals surface area contributed by atoms with Crippen LogP contribution in [0.4, 0.5) is 10.3 Å². The van der Waals surface area contributed by atoms with E-state index in [0.29, 0.717) is 16.2 Å². The number of nitrogens with one attached hydrogen (secondary N) is 1. The van der Waals surface area contributed by atoms with Crippen molar-refractivity contribution in [3.05, 3.63) is 82.8 Å². The summed E-state index contributed by atoms with van der Waals surface area (Å²) in [7, 11) is 0. The van der Waals surface area contributed by atoms with Gasteiger partial charge in [-0.05, 0) is 47.5 Å². The zero-order valence-electron chi connectivity index (χ0n) is 14.6. The molecule has 0 unspecified atom stereocenters. The summed E-state index contributed by atoms with van der Waals surface area (Å²) in [6.07, 6.45) is 1.79. The number of rotatable bonds is 4. The van der Waals surface area contributed by atoms with Gasteiger partial charge in [0.15, 0.2) is 5.65 Å². The SMILES string of the molecule is Nc1nc2ccc(-c3ccc(C(=O)NCc4ccc(F)cc4)c(Cl)c3)cn2n1. The van der Waals surface area contributed by atoms with Gasteiger partial charge in [0.05, 0.1) is 10.6 Å². The highest BCUT2D eigenvalue weighted by molar-refractivity contribution is 6.34. The minimum absolute atomic E-state index is 0.198. The van der Waals surface area contributed by atoms with Crippen LogP contribution in [0, 0.1) is 5.82 Å². The van der Waals surface area contributed by atoms with Crippen molar-refractivity contribution in [3.63, 3.8) is 0 Å². The van der Waals surface area contributed by atoms with E-state index >= 15 is 0 Å². The maximum atomic E-state index is 12.9. The molecule has 0 radical (unpaired) electrons. The lowest BCUT2D eigenvalue weighted by Crippen LogP contribution is -2.23. The number of carbonyl (C=O) groups excluding carboxylic acids is 1. The van der Waals surface area contributed by atoms with Crippen molar-refractivity contribution >= 4 is 29.1 Å². The first-order chi connectivity index (χ1) is 13.5. The third-order valence-electron chi connectivity index (χ3n) is 4.26. The van der Waals surface area contributed by atoms with Crippen molar-refractivity contribution in [1.29, 1.82) is 0 Å². The van der Waals surface area contributed by atoms with Gasteiger partial charge in [0, 0.05) is 18.3 Å². The summed E-state index contributed by atoms with van der Waals surface area (Å²) in [4.78, 5) is 16.5. The monoisotopic (exact) mass is 395 g/mol. The van der Waals surface area contributed by atoms with Crippen LogP contribution in [0.2, 0.25) is 5.02 Å². The summed E-state index contributed by atoms with van der Waals surface area (Å²) >= 11 is 6.33. The molecule has 0 fully saturated rings. The Hall–Kier alpha value is -3.45. The maximum Gasteiger partial charge on any atom is 0.253 e. The second-order valence-corrected chi connectivity index (χ2v) is 6.60. The molecule has 28 heavy (non-hydrogen) atoms. The Balaban J connectivity index is 1.52. The van der Waals surface area contributed by atoms with Crippen molar-refractivity contribution in [2.24, 2.45) is 0 Å². The highest BCUT2D eigenvalue weighted by Crippen LogP contribution is 2.26. The smallest absolute Gasteiger partial charge is 0.253 e. The number of aromatic nitrogens is 3. The highest BCUT2D eigenvalue weighted by Gasteiger charge is 2.12. The molecule has 6 nitrogen and oxygen atoms in total. The standard InChI is InChI=1S/C20H15ClFN5O/c21-17-9-13(14-4-8-18-25-20(23)26-27(18)11-14)3-7-16(17)19(28)24-10-12-1-5-15(22)6-2-12/h1-9,11H,10H2,(H2,23,26)(H,24,28). The van der Waals surface area contributed by atoms with E-state index in [0.717, 1.165) is 16.7 Å². The largest absolute Gasteiger partial charge is 0.366 e. The number of fused-ring (bicyclic) bond motifs is 1. The van der Waals surface area contributed by atoms with Crippen LogP contribution in [0.15, 0.2) is 60.8 Å².